The van der Waals surface area contributed by atoms with Crippen molar-refractivity contribution in [1.82, 2.24) is 0 Å². The molecule has 2 rings (SSSR count). The molecule has 106 valence electrons. The molecule has 2 N–H and O–H groups in total. The number of benzene rings is 1. The molecule has 0 atom stereocenters. The SMILES string of the molecule is CC(C)C(=O)Nc1cccc(NCc2cc(Cl)cs2)c1. The molecule has 1 amide bonds. The predicted octanol–water partition coefficient (Wildman–Crippen LogP) is 4.61. The zero-order valence-electron chi connectivity index (χ0n) is 11.4. The van der Waals surface area contributed by atoms with Gasteiger partial charge in [-0.05, 0) is 24.3 Å². The number of halogens is 1. The van der Waals surface area contributed by atoms with Crippen LogP contribution in [0.5, 0.6) is 0 Å². The van der Waals surface area contributed by atoms with Crippen LogP contribution in [-0.2, 0) is 11.3 Å². The van der Waals surface area contributed by atoms with E-state index in [1.807, 2.05) is 49.6 Å². The maximum atomic E-state index is 11.7. The third-order valence-corrected chi connectivity index (χ3v) is 4.03. The Bertz CT molecular complexity index is 595. The lowest BCUT2D eigenvalue weighted by molar-refractivity contribution is -0.118. The van der Waals surface area contributed by atoms with Crippen LogP contribution in [0.25, 0.3) is 0 Å². The summed E-state index contributed by atoms with van der Waals surface area (Å²) in [5.41, 5.74) is 1.77. The van der Waals surface area contributed by atoms with Gasteiger partial charge in [0.2, 0.25) is 5.91 Å². The molecule has 0 aliphatic rings. The van der Waals surface area contributed by atoms with E-state index in [1.165, 1.54) is 4.88 Å². The summed E-state index contributed by atoms with van der Waals surface area (Å²) in [6, 6.07) is 9.65. The van der Waals surface area contributed by atoms with E-state index in [0.717, 1.165) is 22.9 Å². The Morgan fingerprint density at radius 2 is 2.05 bits per heavy atom. The van der Waals surface area contributed by atoms with Gasteiger partial charge in [-0.25, -0.2) is 0 Å². The van der Waals surface area contributed by atoms with Crippen molar-refractivity contribution in [1.29, 1.82) is 0 Å². The second-order valence-electron chi connectivity index (χ2n) is 4.81. The Labute approximate surface area is 128 Å². The van der Waals surface area contributed by atoms with Crippen molar-refractivity contribution >= 4 is 40.2 Å². The minimum absolute atomic E-state index is 0.0205. The molecule has 0 aliphatic heterocycles. The molecule has 0 saturated carbocycles. The highest BCUT2D eigenvalue weighted by molar-refractivity contribution is 7.10. The van der Waals surface area contributed by atoms with E-state index in [2.05, 4.69) is 10.6 Å². The molecule has 1 aromatic heterocycles. The first-order valence-corrected chi connectivity index (χ1v) is 7.68. The summed E-state index contributed by atoms with van der Waals surface area (Å²) in [6.45, 7) is 4.47. The van der Waals surface area contributed by atoms with Crippen LogP contribution in [-0.4, -0.2) is 5.91 Å². The van der Waals surface area contributed by atoms with E-state index < -0.39 is 0 Å². The second-order valence-corrected chi connectivity index (χ2v) is 6.24. The Morgan fingerprint density at radius 1 is 1.30 bits per heavy atom. The van der Waals surface area contributed by atoms with Crippen molar-refractivity contribution in [3.63, 3.8) is 0 Å². The molecule has 0 bridgehead atoms. The summed E-state index contributed by atoms with van der Waals surface area (Å²) in [4.78, 5) is 12.8. The molecule has 1 heterocycles. The second kappa shape index (κ2) is 6.77. The molecule has 0 aliphatic carbocycles. The summed E-state index contributed by atoms with van der Waals surface area (Å²) >= 11 is 7.51. The fourth-order valence-electron chi connectivity index (χ4n) is 1.63. The Morgan fingerprint density at radius 3 is 2.70 bits per heavy atom. The Hall–Kier alpha value is -1.52. The van der Waals surface area contributed by atoms with Crippen molar-refractivity contribution in [3.05, 3.63) is 45.6 Å². The molecule has 0 spiro atoms. The molecular formula is C15H17ClN2OS. The lowest BCUT2D eigenvalue weighted by Crippen LogP contribution is -2.17. The lowest BCUT2D eigenvalue weighted by atomic mass is 10.2. The van der Waals surface area contributed by atoms with Crippen LogP contribution in [0, 0.1) is 5.92 Å². The molecule has 0 unspecified atom stereocenters. The third kappa shape index (κ3) is 4.25. The van der Waals surface area contributed by atoms with Gasteiger partial charge in [0.1, 0.15) is 0 Å². The van der Waals surface area contributed by atoms with Crippen molar-refractivity contribution in [3.8, 4) is 0 Å². The molecule has 0 fully saturated rings. The van der Waals surface area contributed by atoms with Gasteiger partial charge in [0.05, 0.1) is 5.02 Å². The van der Waals surface area contributed by atoms with Crippen LogP contribution < -0.4 is 10.6 Å². The van der Waals surface area contributed by atoms with Crippen LogP contribution in [0.1, 0.15) is 18.7 Å². The highest BCUT2D eigenvalue weighted by atomic mass is 35.5. The quantitative estimate of drug-likeness (QED) is 0.847. The largest absolute Gasteiger partial charge is 0.380 e. The number of thiophene rings is 1. The van der Waals surface area contributed by atoms with Crippen molar-refractivity contribution < 1.29 is 4.79 Å². The van der Waals surface area contributed by atoms with Gasteiger partial charge >= 0.3 is 0 Å². The van der Waals surface area contributed by atoms with Crippen molar-refractivity contribution in [2.45, 2.75) is 20.4 Å². The number of carbonyl (C=O) groups is 1. The van der Waals surface area contributed by atoms with Gasteiger partial charge in [0, 0.05) is 34.1 Å². The minimum Gasteiger partial charge on any atom is -0.380 e. The topological polar surface area (TPSA) is 41.1 Å². The van der Waals surface area contributed by atoms with Gasteiger partial charge in [-0.2, -0.15) is 0 Å². The van der Waals surface area contributed by atoms with E-state index in [0.29, 0.717) is 0 Å². The van der Waals surface area contributed by atoms with Gasteiger partial charge in [-0.15, -0.1) is 11.3 Å². The smallest absolute Gasteiger partial charge is 0.226 e. The zero-order valence-corrected chi connectivity index (χ0v) is 13.0. The molecule has 0 radical (unpaired) electrons. The molecule has 5 heteroatoms. The molecule has 3 nitrogen and oxygen atoms in total. The Kier molecular flexibility index (Phi) is 5.04. The molecule has 0 saturated heterocycles. The maximum absolute atomic E-state index is 11.7. The number of amides is 1. The summed E-state index contributed by atoms with van der Waals surface area (Å²) in [5, 5.41) is 8.89. The number of hydrogen-bond acceptors (Lipinski definition) is 3. The molecule has 20 heavy (non-hydrogen) atoms. The van der Waals surface area contributed by atoms with Crippen LogP contribution >= 0.6 is 22.9 Å². The van der Waals surface area contributed by atoms with E-state index >= 15 is 0 Å². The highest BCUT2D eigenvalue weighted by Gasteiger charge is 2.07. The van der Waals surface area contributed by atoms with Crippen molar-refractivity contribution in [2.24, 2.45) is 5.92 Å². The minimum atomic E-state index is -0.0279. The summed E-state index contributed by atoms with van der Waals surface area (Å²) in [7, 11) is 0. The van der Waals surface area contributed by atoms with Gasteiger partial charge in [0.15, 0.2) is 0 Å². The van der Waals surface area contributed by atoms with E-state index in [-0.39, 0.29) is 11.8 Å². The normalized spacial score (nSPS) is 10.6. The Balaban J connectivity index is 1.97. The first kappa shape index (κ1) is 14.9. The average Bonchev–Trinajstić information content (AvgIpc) is 2.82. The zero-order chi connectivity index (χ0) is 14.5. The van der Waals surface area contributed by atoms with E-state index in [9.17, 15) is 4.79 Å². The van der Waals surface area contributed by atoms with Crippen LogP contribution in [0.4, 0.5) is 11.4 Å². The first-order chi connectivity index (χ1) is 9.54. The van der Waals surface area contributed by atoms with Gasteiger partial charge in [-0.1, -0.05) is 31.5 Å². The predicted molar refractivity (Wildman–Crippen MR) is 86.6 cm³/mol. The van der Waals surface area contributed by atoms with Crippen LogP contribution in [0.3, 0.4) is 0 Å². The fourth-order valence-corrected chi connectivity index (χ4v) is 2.64. The highest BCUT2D eigenvalue weighted by Crippen LogP contribution is 2.21. The molecule has 2 aromatic rings. The van der Waals surface area contributed by atoms with Gasteiger partial charge in [-0.3, -0.25) is 4.79 Å². The van der Waals surface area contributed by atoms with E-state index in [1.54, 1.807) is 11.3 Å². The van der Waals surface area contributed by atoms with Crippen LogP contribution in [0.15, 0.2) is 35.7 Å². The molecular weight excluding hydrogens is 292 g/mol. The number of nitrogens with one attached hydrogen (secondary N) is 2. The number of anilines is 2. The summed E-state index contributed by atoms with van der Waals surface area (Å²) in [6.07, 6.45) is 0. The van der Waals surface area contributed by atoms with E-state index in [4.69, 9.17) is 11.6 Å². The monoisotopic (exact) mass is 308 g/mol. The fraction of sp³-hybridized carbons (Fsp3) is 0.267. The summed E-state index contributed by atoms with van der Waals surface area (Å²) < 4.78 is 0. The van der Waals surface area contributed by atoms with Gasteiger partial charge in [0.25, 0.3) is 0 Å². The first-order valence-electron chi connectivity index (χ1n) is 6.42. The van der Waals surface area contributed by atoms with Gasteiger partial charge < -0.3 is 10.6 Å². The van der Waals surface area contributed by atoms with Crippen molar-refractivity contribution in [2.75, 3.05) is 10.6 Å². The average molecular weight is 309 g/mol. The summed E-state index contributed by atoms with van der Waals surface area (Å²) in [5.74, 6) is -0.00735. The van der Waals surface area contributed by atoms with Crippen LogP contribution in [0.2, 0.25) is 5.02 Å². The number of carbonyl (C=O) groups excluding carboxylic acids is 1. The third-order valence-electron chi connectivity index (χ3n) is 2.74. The molecule has 1 aromatic carbocycles. The number of rotatable bonds is 5. The maximum Gasteiger partial charge on any atom is 0.226 e. The lowest BCUT2D eigenvalue weighted by Gasteiger charge is -2.10. The standard InChI is InChI=1S/C15H17ClN2OS/c1-10(2)15(19)18-13-5-3-4-12(7-13)17-8-14-6-11(16)9-20-14/h3-7,9-10,17H,8H2,1-2H3,(H,18,19). The number of hydrogen-bond donors (Lipinski definition) is 2.